The van der Waals surface area contributed by atoms with Gasteiger partial charge in [0.2, 0.25) is 10.0 Å². The van der Waals surface area contributed by atoms with Gasteiger partial charge in [-0.15, -0.1) is 0 Å². The first-order valence-electron chi connectivity index (χ1n) is 14.5. The van der Waals surface area contributed by atoms with Gasteiger partial charge in [-0.3, -0.25) is 9.52 Å². The minimum Gasteiger partial charge on any atom is -0.492 e. The van der Waals surface area contributed by atoms with Gasteiger partial charge >= 0.3 is 6.09 Å². The normalized spacial score (nSPS) is 14.1. The number of benzene rings is 2. The second-order valence-corrected chi connectivity index (χ2v) is 13.7. The fourth-order valence-corrected chi connectivity index (χ4v) is 5.44. The molecule has 0 aliphatic carbocycles. The summed E-state index contributed by atoms with van der Waals surface area (Å²) in [5.41, 5.74) is 2.62. The number of methoxy groups -OCH3 is 1. The SMILES string of the molecule is COc1c(NC(=O)c2ccc(C)c(-n3cc(OC(=O)NCCN4CCCCC4)nn3)c2)cc(C(C)(C)C)cc1NS(C)(=O)=O. The zero-order chi connectivity index (χ0) is 32.1. The molecule has 13 nitrogen and oxygen atoms in total. The Morgan fingerprint density at radius 3 is 2.41 bits per heavy atom. The van der Waals surface area contributed by atoms with Crippen LogP contribution in [0.5, 0.6) is 11.6 Å². The molecule has 1 fully saturated rings. The molecule has 2 amide bonds. The number of piperidine rings is 1. The van der Waals surface area contributed by atoms with Crippen LogP contribution in [0.25, 0.3) is 5.69 Å². The molecular formula is C30H41N7O6S. The van der Waals surface area contributed by atoms with Gasteiger partial charge in [-0.2, -0.15) is 0 Å². The lowest BCUT2D eigenvalue weighted by molar-refractivity contribution is 0.102. The molecule has 1 saturated heterocycles. The van der Waals surface area contributed by atoms with Crippen molar-refractivity contribution in [3.05, 3.63) is 53.2 Å². The van der Waals surface area contributed by atoms with Gasteiger partial charge in [-0.25, -0.2) is 17.9 Å². The zero-order valence-electron chi connectivity index (χ0n) is 26.1. The predicted octanol–water partition coefficient (Wildman–Crippen LogP) is 4.08. The highest BCUT2D eigenvalue weighted by Gasteiger charge is 2.23. The Hall–Kier alpha value is -4.17. The number of hydrogen-bond donors (Lipinski definition) is 3. The van der Waals surface area contributed by atoms with Crippen molar-refractivity contribution in [2.45, 2.75) is 52.4 Å². The zero-order valence-corrected chi connectivity index (χ0v) is 26.9. The quantitative estimate of drug-likeness (QED) is 0.301. The largest absolute Gasteiger partial charge is 0.492 e. The van der Waals surface area contributed by atoms with Crippen LogP contribution in [0.15, 0.2) is 36.5 Å². The van der Waals surface area contributed by atoms with E-state index in [4.69, 9.17) is 9.47 Å². The Bertz CT molecular complexity index is 1610. The molecule has 238 valence electrons. The third-order valence-corrected chi connectivity index (χ3v) is 7.83. The first-order chi connectivity index (χ1) is 20.7. The van der Waals surface area contributed by atoms with E-state index in [1.807, 2.05) is 27.7 Å². The minimum absolute atomic E-state index is 0.0179. The summed E-state index contributed by atoms with van der Waals surface area (Å²) >= 11 is 0. The molecule has 1 aromatic heterocycles. The minimum atomic E-state index is -3.62. The summed E-state index contributed by atoms with van der Waals surface area (Å²) in [5.74, 6) is -0.258. The predicted molar refractivity (Wildman–Crippen MR) is 169 cm³/mol. The van der Waals surface area contributed by atoms with Gasteiger partial charge in [-0.05, 0) is 73.7 Å². The van der Waals surface area contributed by atoms with Gasteiger partial charge in [-0.1, -0.05) is 43.6 Å². The molecule has 0 atom stereocenters. The van der Waals surface area contributed by atoms with E-state index >= 15 is 0 Å². The average Bonchev–Trinajstić information content (AvgIpc) is 3.40. The number of anilines is 2. The molecule has 0 radical (unpaired) electrons. The molecule has 2 heterocycles. The number of aryl methyl sites for hydroxylation is 1. The van der Waals surface area contributed by atoms with Crippen LogP contribution in [0, 0.1) is 6.92 Å². The van der Waals surface area contributed by atoms with Crippen LogP contribution in [-0.4, -0.2) is 79.9 Å². The van der Waals surface area contributed by atoms with Crippen LogP contribution in [-0.2, 0) is 15.4 Å². The smallest absolute Gasteiger partial charge is 0.414 e. The molecule has 44 heavy (non-hydrogen) atoms. The van der Waals surface area contributed by atoms with Crippen LogP contribution in [0.1, 0.15) is 61.5 Å². The lowest BCUT2D eigenvalue weighted by atomic mass is 9.86. The van der Waals surface area contributed by atoms with Gasteiger partial charge in [0.25, 0.3) is 11.8 Å². The monoisotopic (exact) mass is 627 g/mol. The fraction of sp³-hybridized carbons (Fsp3) is 0.467. The molecule has 14 heteroatoms. The Labute approximate surface area is 258 Å². The van der Waals surface area contributed by atoms with E-state index in [0.29, 0.717) is 23.5 Å². The number of amides is 2. The van der Waals surface area contributed by atoms with Crippen LogP contribution >= 0.6 is 0 Å². The van der Waals surface area contributed by atoms with Gasteiger partial charge < -0.3 is 25.0 Å². The van der Waals surface area contributed by atoms with Gasteiger partial charge in [0.05, 0.1) is 36.6 Å². The third-order valence-electron chi connectivity index (χ3n) is 7.24. The van der Waals surface area contributed by atoms with Crippen LogP contribution in [0.2, 0.25) is 0 Å². The second-order valence-electron chi connectivity index (χ2n) is 11.9. The highest BCUT2D eigenvalue weighted by molar-refractivity contribution is 7.92. The van der Waals surface area contributed by atoms with E-state index in [1.54, 1.807) is 30.3 Å². The molecule has 1 aliphatic rings. The first kappa shape index (κ1) is 32.7. The fourth-order valence-electron chi connectivity index (χ4n) is 4.89. The number of sulfonamides is 1. The summed E-state index contributed by atoms with van der Waals surface area (Å²) < 4.78 is 38.8. The number of ether oxygens (including phenoxy) is 2. The Balaban J connectivity index is 1.50. The Morgan fingerprint density at radius 1 is 1.05 bits per heavy atom. The van der Waals surface area contributed by atoms with Crippen molar-refractivity contribution < 1.29 is 27.5 Å². The third kappa shape index (κ3) is 8.69. The van der Waals surface area contributed by atoms with E-state index in [1.165, 1.54) is 37.3 Å². The van der Waals surface area contributed by atoms with Gasteiger partial charge in [0.1, 0.15) is 0 Å². The summed E-state index contributed by atoms with van der Waals surface area (Å²) in [7, 11) is -2.22. The van der Waals surface area contributed by atoms with Gasteiger partial charge in [0, 0.05) is 18.7 Å². The molecule has 3 aromatic rings. The van der Waals surface area contributed by atoms with E-state index in [2.05, 4.69) is 30.6 Å². The van der Waals surface area contributed by atoms with Gasteiger partial charge in [0.15, 0.2) is 5.75 Å². The van der Waals surface area contributed by atoms with E-state index < -0.39 is 22.0 Å². The second kappa shape index (κ2) is 13.6. The summed E-state index contributed by atoms with van der Waals surface area (Å²) in [6, 6.07) is 8.52. The van der Waals surface area contributed by atoms with Crippen molar-refractivity contribution in [3.8, 4) is 17.3 Å². The van der Waals surface area contributed by atoms with E-state index in [-0.39, 0.29) is 22.7 Å². The molecule has 0 bridgehead atoms. The maximum absolute atomic E-state index is 13.5. The number of rotatable bonds is 10. The van der Waals surface area contributed by atoms with E-state index in [0.717, 1.165) is 37.0 Å². The number of likely N-dealkylation sites (tertiary alicyclic amines) is 1. The molecule has 0 spiro atoms. The topological polar surface area (TPSA) is 157 Å². The van der Waals surface area contributed by atoms with Crippen molar-refractivity contribution in [1.82, 2.24) is 25.2 Å². The number of hydrogen-bond acceptors (Lipinski definition) is 9. The standard InChI is InChI=1S/C30H41N7O6S/c1-20-10-11-21(28(38)32-23-17-22(30(2,3)4)18-24(27(23)42-5)34-44(6,40)41)16-25(20)37-19-26(33-35-37)43-29(39)31-12-15-36-13-8-7-9-14-36/h10-11,16-19,34H,7-9,12-15H2,1-6H3,(H,31,39)(H,32,38). The van der Waals surface area contributed by atoms with Crippen molar-refractivity contribution in [2.75, 3.05) is 49.6 Å². The van der Waals surface area contributed by atoms with Crippen molar-refractivity contribution in [1.29, 1.82) is 0 Å². The average molecular weight is 628 g/mol. The molecule has 3 N–H and O–H groups in total. The van der Waals surface area contributed by atoms with Crippen LogP contribution in [0.3, 0.4) is 0 Å². The van der Waals surface area contributed by atoms with E-state index in [9.17, 15) is 18.0 Å². The van der Waals surface area contributed by atoms with Crippen molar-refractivity contribution >= 4 is 33.4 Å². The summed E-state index contributed by atoms with van der Waals surface area (Å²) in [5, 5.41) is 13.6. The maximum Gasteiger partial charge on any atom is 0.414 e. The lowest BCUT2D eigenvalue weighted by Crippen LogP contribution is -2.38. The van der Waals surface area contributed by atoms with Crippen LogP contribution in [0.4, 0.5) is 16.2 Å². The highest BCUT2D eigenvalue weighted by atomic mass is 32.2. The Kier molecular flexibility index (Phi) is 10.1. The highest BCUT2D eigenvalue weighted by Crippen LogP contribution is 2.39. The molecule has 2 aromatic carbocycles. The number of carbonyl (C=O) groups excluding carboxylic acids is 2. The Morgan fingerprint density at radius 2 is 1.75 bits per heavy atom. The molecule has 0 unspecified atom stereocenters. The lowest BCUT2D eigenvalue weighted by Gasteiger charge is -2.26. The molecular weight excluding hydrogens is 586 g/mol. The summed E-state index contributed by atoms with van der Waals surface area (Å²) in [4.78, 5) is 28.1. The van der Waals surface area contributed by atoms with Crippen molar-refractivity contribution in [2.24, 2.45) is 0 Å². The molecule has 0 saturated carbocycles. The first-order valence-corrected chi connectivity index (χ1v) is 16.4. The molecule has 1 aliphatic heterocycles. The van der Waals surface area contributed by atoms with Crippen LogP contribution < -0.4 is 24.8 Å². The van der Waals surface area contributed by atoms with Crippen molar-refractivity contribution in [3.63, 3.8) is 0 Å². The number of nitrogens with one attached hydrogen (secondary N) is 3. The summed E-state index contributed by atoms with van der Waals surface area (Å²) in [6.07, 6.45) is 5.51. The number of carbonyl (C=O) groups is 2. The maximum atomic E-state index is 13.5. The number of nitrogens with zero attached hydrogens (tertiary/aromatic N) is 4. The summed E-state index contributed by atoms with van der Waals surface area (Å²) in [6.45, 7) is 11.1. The number of aromatic nitrogens is 3. The molecule has 4 rings (SSSR count).